The molecule has 0 heterocycles. The Hall–Kier alpha value is -1.63. The van der Waals surface area contributed by atoms with E-state index in [9.17, 15) is 12.8 Å². The number of rotatable bonds is 4. The summed E-state index contributed by atoms with van der Waals surface area (Å²) in [5, 5.41) is -0.0443. The lowest BCUT2D eigenvalue weighted by atomic mass is 10.1. The van der Waals surface area contributed by atoms with Crippen molar-refractivity contribution >= 4 is 27.3 Å². The third-order valence-corrected chi connectivity index (χ3v) is 5.00. The average Bonchev–Trinajstić information content (AvgIpc) is 2.41. The second-order valence-electron chi connectivity index (χ2n) is 4.55. The van der Waals surface area contributed by atoms with Crippen LogP contribution in [0.3, 0.4) is 0 Å². The van der Waals surface area contributed by atoms with Crippen molar-refractivity contribution in [2.75, 3.05) is 5.73 Å². The lowest BCUT2D eigenvalue weighted by molar-refractivity contribution is 0.564. The fraction of sp³-hybridized carbons (Fsp3) is 0.143. The second-order valence-corrected chi connectivity index (χ2v) is 6.64. The highest BCUT2D eigenvalue weighted by Gasteiger charge is 2.22. The summed E-state index contributed by atoms with van der Waals surface area (Å²) in [6.45, 7) is 1.65. The highest BCUT2D eigenvalue weighted by Crippen LogP contribution is 2.26. The Bertz CT molecular complexity index is 765. The second kappa shape index (κ2) is 6.01. The van der Waals surface area contributed by atoms with Gasteiger partial charge in [0, 0.05) is 11.7 Å². The maximum Gasteiger partial charge on any atom is 0.242 e. The molecule has 0 saturated carbocycles. The number of sulfonamides is 1. The summed E-state index contributed by atoms with van der Waals surface area (Å²) in [5.74, 6) is -0.674. The van der Waals surface area contributed by atoms with E-state index in [-0.39, 0.29) is 9.92 Å². The van der Waals surface area contributed by atoms with Crippen LogP contribution in [0, 0.1) is 5.82 Å². The van der Waals surface area contributed by atoms with Gasteiger partial charge in [0.1, 0.15) is 10.7 Å². The SMILES string of the molecule is CC(NS(=O)(=O)c1cc(F)ccc1Cl)c1ccccc1N. The zero-order valence-corrected chi connectivity index (χ0v) is 12.7. The summed E-state index contributed by atoms with van der Waals surface area (Å²) in [5.41, 5.74) is 6.92. The standard InChI is InChI=1S/C14H14ClFN2O2S/c1-9(11-4-2-3-5-13(11)17)18-21(19,20)14-8-10(16)6-7-12(14)15/h2-9,18H,17H2,1H3. The number of anilines is 1. The maximum atomic E-state index is 13.2. The molecule has 0 aliphatic heterocycles. The molecule has 1 unspecified atom stereocenters. The van der Waals surface area contributed by atoms with Crippen LogP contribution >= 0.6 is 11.6 Å². The molecule has 3 N–H and O–H groups in total. The molecule has 0 aliphatic rings. The van der Waals surface area contributed by atoms with E-state index < -0.39 is 21.9 Å². The van der Waals surface area contributed by atoms with Gasteiger partial charge in [-0.3, -0.25) is 0 Å². The van der Waals surface area contributed by atoms with E-state index in [0.29, 0.717) is 11.3 Å². The summed E-state index contributed by atoms with van der Waals surface area (Å²) in [6.07, 6.45) is 0. The van der Waals surface area contributed by atoms with Crippen LogP contribution in [0.4, 0.5) is 10.1 Å². The van der Waals surface area contributed by atoms with Crippen LogP contribution in [0.25, 0.3) is 0 Å². The van der Waals surface area contributed by atoms with E-state index in [1.165, 1.54) is 6.07 Å². The Balaban J connectivity index is 2.34. The average molecular weight is 329 g/mol. The molecule has 1 atom stereocenters. The lowest BCUT2D eigenvalue weighted by Gasteiger charge is -2.17. The van der Waals surface area contributed by atoms with Crippen molar-refractivity contribution < 1.29 is 12.8 Å². The monoisotopic (exact) mass is 328 g/mol. The Morgan fingerprint density at radius 3 is 2.57 bits per heavy atom. The molecule has 0 bridgehead atoms. The number of nitrogens with two attached hydrogens (primary N) is 1. The number of para-hydroxylation sites is 1. The molecule has 2 aromatic rings. The van der Waals surface area contributed by atoms with Crippen molar-refractivity contribution in [3.63, 3.8) is 0 Å². The van der Waals surface area contributed by atoms with Gasteiger partial charge in [0.15, 0.2) is 0 Å². The third kappa shape index (κ3) is 3.53. The van der Waals surface area contributed by atoms with Gasteiger partial charge in [0.25, 0.3) is 0 Å². The molecule has 0 spiro atoms. The molecule has 112 valence electrons. The van der Waals surface area contributed by atoms with Crippen LogP contribution in [-0.4, -0.2) is 8.42 Å². The van der Waals surface area contributed by atoms with Crippen LogP contribution in [0.5, 0.6) is 0 Å². The van der Waals surface area contributed by atoms with E-state index >= 15 is 0 Å². The van der Waals surface area contributed by atoms with Crippen LogP contribution in [0.15, 0.2) is 47.4 Å². The molecular weight excluding hydrogens is 315 g/mol. The molecule has 7 heteroatoms. The largest absolute Gasteiger partial charge is 0.398 e. The number of halogens is 2. The van der Waals surface area contributed by atoms with Gasteiger partial charge >= 0.3 is 0 Å². The summed E-state index contributed by atoms with van der Waals surface area (Å²) >= 11 is 5.83. The Morgan fingerprint density at radius 1 is 1.24 bits per heavy atom. The molecule has 0 saturated heterocycles. The molecular formula is C14H14ClFN2O2S. The molecule has 0 radical (unpaired) electrons. The molecule has 2 rings (SSSR count). The molecule has 4 nitrogen and oxygen atoms in total. The van der Waals surface area contributed by atoms with Crippen molar-refractivity contribution in [3.05, 3.63) is 58.9 Å². The smallest absolute Gasteiger partial charge is 0.242 e. The summed E-state index contributed by atoms with van der Waals surface area (Å²) < 4.78 is 40.3. The highest BCUT2D eigenvalue weighted by molar-refractivity contribution is 7.89. The predicted octanol–water partition coefficient (Wildman–Crippen LogP) is 3.10. The first-order chi connectivity index (χ1) is 9.81. The van der Waals surface area contributed by atoms with Crippen molar-refractivity contribution in [1.29, 1.82) is 0 Å². The maximum absolute atomic E-state index is 13.2. The minimum Gasteiger partial charge on any atom is -0.398 e. The first kappa shape index (κ1) is 15.8. The van der Waals surface area contributed by atoms with Crippen LogP contribution in [0.2, 0.25) is 5.02 Å². The van der Waals surface area contributed by atoms with Crippen molar-refractivity contribution in [1.82, 2.24) is 4.72 Å². The van der Waals surface area contributed by atoms with Gasteiger partial charge in [0.2, 0.25) is 10.0 Å². The molecule has 0 amide bonds. The zero-order chi connectivity index (χ0) is 15.6. The quantitative estimate of drug-likeness (QED) is 0.847. The third-order valence-electron chi connectivity index (χ3n) is 2.98. The van der Waals surface area contributed by atoms with E-state index in [4.69, 9.17) is 17.3 Å². The van der Waals surface area contributed by atoms with Gasteiger partial charge in [-0.05, 0) is 36.8 Å². The fourth-order valence-electron chi connectivity index (χ4n) is 1.95. The molecule has 21 heavy (non-hydrogen) atoms. The van der Waals surface area contributed by atoms with Crippen LogP contribution in [0.1, 0.15) is 18.5 Å². The topological polar surface area (TPSA) is 72.2 Å². The first-order valence-electron chi connectivity index (χ1n) is 6.13. The van der Waals surface area contributed by atoms with E-state index in [0.717, 1.165) is 12.1 Å². The number of nitrogen functional groups attached to an aromatic ring is 1. The van der Waals surface area contributed by atoms with E-state index in [1.807, 2.05) is 0 Å². The van der Waals surface area contributed by atoms with Gasteiger partial charge < -0.3 is 5.73 Å². The Morgan fingerprint density at radius 2 is 1.90 bits per heavy atom. The Kier molecular flexibility index (Phi) is 4.51. The molecule has 0 aromatic heterocycles. The lowest BCUT2D eigenvalue weighted by Crippen LogP contribution is -2.27. The van der Waals surface area contributed by atoms with Gasteiger partial charge in [-0.2, -0.15) is 0 Å². The summed E-state index contributed by atoms with van der Waals surface area (Å²) in [6, 6.07) is 9.51. The van der Waals surface area contributed by atoms with Crippen molar-refractivity contribution in [2.24, 2.45) is 0 Å². The van der Waals surface area contributed by atoms with Gasteiger partial charge in [-0.25, -0.2) is 17.5 Å². The first-order valence-corrected chi connectivity index (χ1v) is 7.99. The van der Waals surface area contributed by atoms with Gasteiger partial charge in [0.05, 0.1) is 5.02 Å². The van der Waals surface area contributed by atoms with Gasteiger partial charge in [-0.15, -0.1) is 0 Å². The molecule has 0 fully saturated rings. The van der Waals surface area contributed by atoms with Gasteiger partial charge in [-0.1, -0.05) is 29.8 Å². The normalized spacial score (nSPS) is 13.1. The van der Waals surface area contributed by atoms with E-state index in [1.54, 1.807) is 31.2 Å². The highest BCUT2D eigenvalue weighted by atomic mass is 35.5. The number of hydrogen-bond donors (Lipinski definition) is 2. The zero-order valence-electron chi connectivity index (χ0n) is 11.2. The van der Waals surface area contributed by atoms with E-state index in [2.05, 4.69) is 4.72 Å². The number of benzene rings is 2. The van der Waals surface area contributed by atoms with Crippen LogP contribution in [-0.2, 0) is 10.0 Å². The Labute approximate surface area is 127 Å². The minimum atomic E-state index is -3.96. The number of hydrogen-bond acceptors (Lipinski definition) is 3. The van der Waals surface area contributed by atoms with Crippen molar-refractivity contribution in [3.8, 4) is 0 Å². The minimum absolute atomic E-state index is 0.0443. The van der Waals surface area contributed by atoms with Crippen LogP contribution < -0.4 is 10.5 Å². The summed E-state index contributed by atoms with van der Waals surface area (Å²) in [4.78, 5) is -0.300. The van der Waals surface area contributed by atoms with Crippen molar-refractivity contribution in [2.45, 2.75) is 17.9 Å². The summed E-state index contributed by atoms with van der Waals surface area (Å²) in [7, 11) is -3.96. The fourth-order valence-corrected chi connectivity index (χ4v) is 3.68. The molecule has 2 aromatic carbocycles. The predicted molar refractivity (Wildman–Crippen MR) is 81.0 cm³/mol. The number of nitrogens with one attached hydrogen (secondary N) is 1. The molecule has 0 aliphatic carbocycles.